The van der Waals surface area contributed by atoms with Gasteiger partial charge >= 0.3 is 6.03 Å². The number of nitrogens with zero attached hydrogens (tertiary/aromatic N) is 2. The number of benzene rings is 2. The van der Waals surface area contributed by atoms with E-state index in [4.69, 9.17) is 0 Å². The van der Waals surface area contributed by atoms with Crippen molar-refractivity contribution in [3.05, 3.63) is 65.5 Å². The molecule has 1 aliphatic carbocycles. The van der Waals surface area contributed by atoms with Crippen LogP contribution in [0.15, 0.2) is 53.4 Å². The Bertz CT molecular complexity index is 1260. The Balaban J connectivity index is 1.40. The molecule has 5 rings (SSSR count). The molecule has 1 fully saturated rings. The lowest BCUT2D eigenvalue weighted by Crippen LogP contribution is -2.50. The van der Waals surface area contributed by atoms with E-state index < -0.39 is 34.3 Å². The Kier molecular flexibility index (Phi) is 4.40. The number of carbonyl (C=O) groups is 2. The van der Waals surface area contributed by atoms with Gasteiger partial charge in [0.2, 0.25) is 5.91 Å². The van der Waals surface area contributed by atoms with Crippen molar-refractivity contribution in [3.8, 4) is 0 Å². The molecule has 0 saturated carbocycles. The van der Waals surface area contributed by atoms with Crippen molar-refractivity contribution in [1.82, 2.24) is 9.21 Å². The Morgan fingerprint density at radius 2 is 2.03 bits per heavy atom. The van der Waals surface area contributed by atoms with Gasteiger partial charge in [0.15, 0.2) is 0 Å². The molecule has 2 atom stereocenters. The van der Waals surface area contributed by atoms with E-state index >= 15 is 0 Å². The van der Waals surface area contributed by atoms with Gasteiger partial charge in [0.25, 0.3) is 10.0 Å². The minimum absolute atomic E-state index is 0.00000422. The topological polar surface area (TPSA) is 86.8 Å². The van der Waals surface area contributed by atoms with Crippen LogP contribution < -0.4 is 5.32 Å². The highest BCUT2D eigenvalue weighted by molar-refractivity contribution is 7.90. The largest absolute Gasteiger partial charge is 0.336 e. The Morgan fingerprint density at radius 3 is 2.77 bits per heavy atom. The number of carbonyl (C=O) groups excluding carboxylic acids is 2. The molecule has 0 unspecified atom stereocenters. The van der Waals surface area contributed by atoms with E-state index in [9.17, 15) is 22.4 Å². The number of urea groups is 1. The summed E-state index contributed by atoms with van der Waals surface area (Å²) in [6.45, 7) is 1.86. The van der Waals surface area contributed by atoms with Crippen LogP contribution in [0.1, 0.15) is 17.5 Å². The zero-order chi connectivity index (χ0) is 21.9. The van der Waals surface area contributed by atoms with Crippen molar-refractivity contribution < 1.29 is 22.4 Å². The number of hydrogen-bond donors (Lipinski definition) is 1. The number of anilines is 1. The smallest absolute Gasteiger partial charge is 0.333 e. The molecule has 3 aliphatic rings. The third kappa shape index (κ3) is 3.20. The van der Waals surface area contributed by atoms with Crippen molar-refractivity contribution in [2.24, 2.45) is 5.92 Å². The first kappa shape index (κ1) is 19.7. The van der Waals surface area contributed by atoms with Crippen molar-refractivity contribution in [2.45, 2.75) is 24.3 Å². The van der Waals surface area contributed by atoms with E-state index in [0.717, 1.165) is 35.3 Å². The second-order valence-corrected chi connectivity index (χ2v) is 9.96. The quantitative estimate of drug-likeness (QED) is 0.794. The molecule has 1 saturated heterocycles. The van der Waals surface area contributed by atoms with Crippen LogP contribution >= 0.6 is 0 Å². The maximum absolute atomic E-state index is 13.6. The second-order valence-electron chi connectivity index (χ2n) is 8.13. The summed E-state index contributed by atoms with van der Waals surface area (Å²) in [5.41, 5.74) is 3.20. The van der Waals surface area contributed by atoms with E-state index in [2.05, 4.69) is 17.5 Å². The van der Waals surface area contributed by atoms with Crippen molar-refractivity contribution in [1.29, 1.82) is 0 Å². The van der Waals surface area contributed by atoms with Gasteiger partial charge in [0.1, 0.15) is 17.3 Å². The third-order valence-corrected chi connectivity index (χ3v) is 7.81. The highest BCUT2D eigenvalue weighted by atomic mass is 32.2. The van der Waals surface area contributed by atoms with Gasteiger partial charge in [0, 0.05) is 6.54 Å². The van der Waals surface area contributed by atoms with Gasteiger partial charge in [-0.3, -0.25) is 4.79 Å². The Labute approximate surface area is 179 Å². The predicted octanol–water partition coefficient (Wildman–Crippen LogP) is 2.98. The molecule has 31 heavy (non-hydrogen) atoms. The number of hydrogen-bond acceptors (Lipinski definition) is 4. The summed E-state index contributed by atoms with van der Waals surface area (Å²) in [5.74, 6) is -0.995. The SMILES string of the molecule is Cc1cccc(C2=C[C@@H]3C[C@H]2N(C(=O)CN2C(=O)Nc4ccc(F)cc4S2(=O)=O)C3)c1. The number of rotatable bonds is 3. The molecule has 0 aromatic heterocycles. The normalized spacial score (nSPS) is 23.4. The number of likely N-dealkylation sites (tertiary alicyclic amines) is 1. The van der Waals surface area contributed by atoms with Crippen LogP contribution in [0.3, 0.4) is 0 Å². The van der Waals surface area contributed by atoms with Crippen LogP contribution in [-0.2, 0) is 14.8 Å². The summed E-state index contributed by atoms with van der Waals surface area (Å²) >= 11 is 0. The van der Waals surface area contributed by atoms with E-state index in [1.165, 1.54) is 6.07 Å². The molecule has 0 radical (unpaired) electrons. The van der Waals surface area contributed by atoms with Gasteiger partial charge < -0.3 is 10.2 Å². The Hall–Kier alpha value is -3.20. The zero-order valence-corrected chi connectivity index (χ0v) is 17.5. The zero-order valence-electron chi connectivity index (χ0n) is 16.7. The van der Waals surface area contributed by atoms with Gasteiger partial charge in [-0.2, -0.15) is 0 Å². The van der Waals surface area contributed by atoms with E-state index in [0.29, 0.717) is 10.8 Å². The van der Waals surface area contributed by atoms with Crippen LogP contribution in [-0.4, -0.2) is 48.7 Å². The molecule has 160 valence electrons. The highest BCUT2D eigenvalue weighted by Crippen LogP contribution is 2.42. The molecule has 2 heterocycles. The average molecular weight is 441 g/mol. The average Bonchev–Trinajstić information content (AvgIpc) is 3.33. The molecular weight excluding hydrogens is 421 g/mol. The summed E-state index contributed by atoms with van der Waals surface area (Å²) in [7, 11) is -4.34. The predicted molar refractivity (Wildman–Crippen MR) is 112 cm³/mol. The van der Waals surface area contributed by atoms with Crippen LogP contribution in [0.25, 0.3) is 5.57 Å². The number of nitrogens with one attached hydrogen (secondary N) is 1. The fraction of sp³-hybridized carbons (Fsp3) is 0.273. The summed E-state index contributed by atoms with van der Waals surface area (Å²) < 4.78 is 39.9. The van der Waals surface area contributed by atoms with Gasteiger partial charge in [-0.15, -0.1) is 0 Å². The molecule has 9 heteroatoms. The van der Waals surface area contributed by atoms with Crippen LogP contribution in [0.4, 0.5) is 14.9 Å². The minimum atomic E-state index is -4.34. The van der Waals surface area contributed by atoms with E-state index in [1.54, 1.807) is 4.90 Å². The van der Waals surface area contributed by atoms with Crippen molar-refractivity contribution in [2.75, 3.05) is 18.4 Å². The van der Waals surface area contributed by atoms with Gasteiger partial charge in [0.05, 0.1) is 11.7 Å². The van der Waals surface area contributed by atoms with Gasteiger partial charge in [-0.25, -0.2) is 21.9 Å². The summed E-state index contributed by atoms with van der Waals surface area (Å²) in [4.78, 5) is 26.8. The summed E-state index contributed by atoms with van der Waals surface area (Å²) in [5, 5.41) is 2.42. The number of fused-ring (bicyclic) bond motifs is 3. The maximum atomic E-state index is 13.6. The lowest BCUT2D eigenvalue weighted by molar-refractivity contribution is -0.131. The fourth-order valence-corrected chi connectivity index (χ4v) is 6.07. The first-order valence-electron chi connectivity index (χ1n) is 9.95. The Morgan fingerprint density at radius 1 is 1.23 bits per heavy atom. The molecule has 2 aliphatic heterocycles. The molecule has 1 N–H and O–H groups in total. The van der Waals surface area contributed by atoms with Crippen molar-refractivity contribution >= 4 is 33.2 Å². The molecule has 2 bridgehead atoms. The molecule has 0 spiro atoms. The molecular formula is C22H20FN3O4S. The molecule has 2 aromatic carbocycles. The van der Waals surface area contributed by atoms with Crippen LogP contribution in [0, 0.1) is 18.7 Å². The summed E-state index contributed by atoms with van der Waals surface area (Å²) in [6.07, 6.45) is 2.95. The third-order valence-electron chi connectivity index (χ3n) is 6.04. The monoisotopic (exact) mass is 441 g/mol. The molecule has 3 amide bonds. The fourth-order valence-electron chi connectivity index (χ4n) is 4.63. The van der Waals surface area contributed by atoms with Gasteiger partial charge in [-0.05, 0) is 48.6 Å². The molecule has 7 nitrogen and oxygen atoms in total. The summed E-state index contributed by atoms with van der Waals surface area (Å²) in [6, 6.07) is 10.0. The van der Waals surface area contributed by atoms with Crippen LogP contribution in [0.5, 0.6) is 0 Å². The second kappa shape index (κ2) is 6.91. The number of sulfonamides is 1. The molecule has 2 aromatic rings. The number of halogens is 1. The van der Waals surface area contributed by atoms with Gasteiger partial charge in [-0.1, -0.05) is 35.9 Å². The van der Waals surface area contributed by atoms with E-state index in [1.807, 2.05) is 25.1 Å². The maximum Gasteiger partial charge on any atom is 0.336 e. The van der Waals surface area contributed by atoms with Crippen LogP contribution in [0.2, 0.25) is 0 Å². The highest BCUT2D eigenvalue weighted by Gasteiger charge is 2.44. The lowest BCUT2D eigenvalue weighted by Gasteiger charge is -2.33. The number of aryl methyl sites for hydroxylation is 1. The number of amides is 3. The minimum Gasteiger partial charge on any atom is -0.333 e. The lowest BCUT2D eigenvalue weighted by atomic mass is 9.98. The van der Waals surface area contributed by atoms with Crippen molar-refractivity contribution in [3.63, 3.8) is 0 Å². The first-order chi connectivity index (χ1) is 14.7. The van der Waals surface area contributed by atoms with E-state index in [-0.39, 0.29) is 22.5 Å². The first-order valence-corrected chi connectivity index (χ1v) is 11.4. The standard InChI is InChI=1S/C22H20FN3O4S/c1-13-3-2-4-15(7-13)17-8-14-9-19(17)25(11-14)21(27)12-26-22(28)24-18-6-5-16(23)10-20(18)31(26,29)30/h2-8,10,14,19H,9,11-12H2,1H3,(H,24,28)/t14-,19-/m1/s1.